The van der Waals surface area contributed by atoms with E-state index in [1.54, 1.807) is 6.07 Å². The van der Waals surface area contributed by atoms with Gasteiger partial charge in [-0.2, -0.15) is 9.72 Å². The second kappa shape index (κ2) is 6.07. The Bertz CT molecular complexity index is 1110. The van der Waals surface area contributed by atoms with Crippen LogP contribution in [0.5, 0.6) is 0 Å². The number of aliphatic imine (C=N–C) groups is 1. The zero-order valence-electron chi connectivity index (χ0n) is 17.8. The van der Waals surface area contributed by atoms with Gasteiger partial charge in [0.2, 0.25) is 11.3 Å². The molecule has 0 unspecified atom stereocenters. The van der Waals surface area contributed by atoms with Crippen molar-refractivity contribution < 1.29 is 19.0 Å². The number of benzene rings is 1. The largest absolute Gasteiger partial charge is 0.618 e. The molecule has 1 aliphatic carbocycles. The summed E-state index contributed by atoms with van der Waals surface area (Å²) in [7, 11) is 0. The maximum absolute atomic E-state index is 12.9. The maximum Gasteiger partial charge on any atom is 0.296 e. The first-order valence-corrected chi connectivity index (χ1v) is 10.9. The normalized spacial score (nSPS) is 24.3. The first-order valence-electron chi connectivity index (χ1n) is 10.9. The number of ether oxygens (including phenoxy) is 2. The van der Waals surface area contributed by atoms with E-state index in [1.165, 1.54) is 6.20 Å². The van der Waals surface area contributed by atoms with Crippen molar-refractivity contribution in [2.45, 2.75) is 56.3 Å². The number of nitrogens with zero attached hydrogens (tertiary/aromatic N) is 3. The SMILES string of the molecule is CC1(C)OC2(CCN(C3=NC(=O)C4(Cc5ccccc5C4)O3)CC2)c2ccc[n+]([O-])c21. The summed E-state index contributed by atoms with van der Waals surface area (Å²) in [5, 5.41) is 12.4. The van der Waals surface area contributed by atoms with Gasteiger partial charge in [-0.1, -0.05) is 24.3 Å². The molecule has 0 saturated carbocycles. The van der Waals surface area contributed by atoms with E-state index in [0.29, 0.717) is 50.5 Å². The van der Waals surface area contributed by atoms with Gasteiger partial charge in [0.25, 0.3) is 11.9 Å². The van der Waals surface area contributed by atoms with E-state index in [2.05, 4.69) is 17.1 Å². The molecule has 4 heterocycles. The average molecular weight is 419 g/mol. The fourth-order valence-electron chi connectivity index (χ4n) is 5.84. The monoisotopic (exact) mass is 419 g/mol. The van der Waals surface area contributed by atoms with Crippen LogP contribution < -0.4 is 4.73 Å². The molecule has 3 aliphatic heterocycles. The van der Waals surface area contributed by atoms with Crippen LogP contribution in [-0.2, 0) is 38.3 Å². The number of piperidine rings is 1. The average Bonchev–Trinajstić information content (AvgIpc) is 3.34. The molecular formula is C24H25N3O4. The number of amidine groups is 1. The van der Waals surface area contributed by atoms with Crippen molar-refractivity contribution in [2.24, 2.45) is 4.99 Å². The Balaban J connectivity index is 1.21. The minimum Gasteiger partial charge on any atom is -0.618 e. The molecule has 6 rings (SSSR count). The molecule has 1 amide bonds. The first-order chi connectivity index (χ1) is 14.8. The number of hydrogen-bond acceptors (Lipinski definition) is 5. The minimum absolute atomic E-state index is 0.185. The van der Waals surface area contributed by atoms with Gasteiger partial charge in [0, 0.05) is 32.0 Å². The Morgan fingerprint density at radius 1 is 1.03 bits per heavy atom. The lowest BCUT2D eigenvalue weighted by Gasteiger charge is -2.40. The number of aromatic nitrogens is 1. The number of amides is 1. The van der Waals surface area contributed by atoms with Gasteiger partial charge in [0.1, 0.15) is 11.2 Å². The number of hydrogen-bond donors (Lipinski definition) is 0. The van der Waals surface area contributed by atoms with Gasteiger partial charge in [-0.25, -0.2) is 0 Å². The van der Waals surface area contributed by atoms with E-state index < -0.39 is 16.8 Å². The summed E-state index contributed by atoms with van der Waals surface area (Å²) in [5.74, 6) is -0.185. The summed E-state index contributed by atoms with van der Waals surface area (Å²) in [4.78, 5) is 19.2. The summed E-state index contributed by atoms with van der Waals surface area (Å²) < 4.78 is 13.7. The highest BCUT2D eigenvalue weighted by atomic mass is 16.5. The molecule has 1 fully saturated rings. The van der Waals surface area contributed by atoms with Gasteiger partial charge in [0.05, 0.1) is 5.56 Å². The summed E-state index contributed by atoms with van der Waals surface area (Å²) in [5.41, 5.74) is 1.97. The highest BCUT2D eigenvalue weighted by molar-refractivity contribution is 6.02. The van der Waals surface area contributed by atoms with Gasteiger partial charge >= 0.3 is 0 Å². The number of pyridine rings is 1. The predicted octanol–water partition coefficient (Wildman–Crippen LogP) is 2.33. The minimum atomic E-state index is -0.888. The van der Waals surface area contributed by atoms with E-state index >= 15 is 0 Å². The fraction of sp³-hybridized carbons (Fsp3) is 0.458. The van der Waals surface area contributed by atoms with E-state index in [1.807, 2.05) is 36.9 Å². The lowest BCUT2D eigenvalue weighted by atomic mass is 9.84. The van der Waals surface area contributed by atoms with Crippen LogP contribution in [-0.4, -0.2) is 35.5 Å². The van der Waals surface area contributed by atoms with Crippen molar-refractivity contribution in [3.8, 4) is 0 Å². The third-order valence-electron chi connectivity index (χ3n) is 7.26. The highest BCUT2D eigenvalue weighted by Gasteiger charge is 2.56. The van der Waals surface area contributed by atoms with Gasteiger partial charge in [-0.15, -0.1) is 0 Å². The molecule has 0 atom stereocenters. The van der Waals surface area contributed by atoms with Crippen LogP contribution in [0.3, 0.4) is 0 Å². The van der Waals surface area contributed by atoms with Crippen LogP contribution in [0.4, 0.5) is 0 Å². The number of likely N-dealkylation sites (tertiary alicyclic amines) is 1. The van der Waals surface area contributed by atoms with Gasteiger partial charge in [-0.3, -0.25) is 4.79 Å². The van der Waals surface area contributed by atoms with Crippen molar-refractivity contribution in [1.82, 2.24) is 4.90 Å². The van der Waals surface area contributed by atoms with Crippen molar-refractivity contribution in [2.75, 3.05) is 13.1 Å². The smallest absolute Gasteiger partial charge is 0.296 e. The number of rotatable bonds is 0. The molecule has 1 saturated heterocycles. The molecule has 7 nitrogen and oxygen atoms in total. The van der Waals surface area contributed by atoms with E-state index in [9.17, 15) is 10.0 Å². The molecule has 31 heavy (non-hydrogen) atoms. The Morgan fingerprint density at radius 3 is 2.39 bits per heavy atom. The highest BCUT2D eigenvalue weighted by Crippen LogP contribution is 2.50. The van der Waals surface area contributed by atoms with E-state index in [-0.39, 0.29) is 5.91 Å². The molecule has 0 radical (unpaired) electrons. The van der Waals surface area contributed by atoms with Crippen molar-refractivity contribution in [3.63, 3.8) is 0 Å². The Labute approximate surface area is 180 Å². The van der Waals surface area contributed by atoms with E-state index in [0.717, 1.165) is 21.4 Å². The molecule has 2 aromatic rings. The van der Waals surface area contributed by atoms with Crippen LogP contribution >= 0.6 is 0 Å². The molecule has 4 aliphatic rings. The zero-order valence-corrected chi connectivity index (χ0v) is 17.8. The van der Waals surface area contributed by atoms with E-state index in [4.69, 9.17) is 9.47 Å². The zero-order chi connectivity index (χ0) is 21.4. The second-order valence-electron chi connectivity index (χ2n) is 9.61. The van der Waals surface area contributed by atoms with Gasteiger partial charge in [-0.05, 0) is 43.9 Å². The molecular weight excluding hydrogens is 394 g/mol. The quantitative estimate of drug-likeness (QED) is 0.484. The van der Waals surface area contributed by atoms with Crippen LogP contribution in [0.15, 0.2) is 47.6 Å². The topological polar surface area (TPSA) is 78.1 Å². The molecule has 0 N–H and O–H groups in total. The molecule has 0 bridgehead atoms. The van der Waals surface area contributed by atoms with Crippen LogP contribution in [0, 0.1) is 5.21 Å². The molecule has 160 valence electrons. The Kier molecular flexibility index (Phi) is 3.68. The number of carbonyl (C=O) groups is 1. The summed E-state index contributed by atoms with van der Waals surface area (Å²) in [6.45, 7) is 5.20. The Hall–Kier alpha value is -2.93. The van der Waals surface area contributed by atoms with Crippen molar-refractivity contribution in [1.29, 1.82) is 0 Å². The van der Waals surface area contributed by atoms with Crippen molar-refractivity contribution >= 4 is 11.9 Å². The lowest BCUT2D eigenvalue weighted by Crippen LogP contribution is -2.47. The van der Waals surface area contributed by atoms with Gasteiger partial charge < -0.3 is 19.6 Å². The second-order valence-corrected chi connectivity index (χ2v) is 9.61. The molecule has 1 aromatic heterocycles. The molecule has 2 spiro atoms. The summed E-state index contributed by atoms with van der Waals surface area (Å²) >= 11 is 0. The van der Waals surface area contributed by atoms with Crippen LogP contribution in [0.2, 0.25) is 0 Å². The number of carbonyl (C=O) groups excluding carboxylic acids is 1. The standard InChI is InChI=1S/C24H25N3O4/c1-22(2)19-18(8-5-11-27(19)29)23(31-22)9-12-26(13-10-23)21-25-20(28)24(30-21)14-16-6-3-4-7-17(16)15-24/h3-8,11H,9-10,12-15H2,1-2H3. The molecule has 1 aromatic carbocycles. The predicted molar refractivity (Wildman–Crippen MR) is 112 cm³/mol. The third kappa shape index (κ3) is 2.59. The summed E-state index contributed by atoms with van der Waals surface area (Å²) in [6, 6.07) is 12.3. The number of fused-ring (bicyclic) bond motifs is 3. The van der Waals surface area contributed by atoms with Crippen LogP contribution in [0.1, 0.15) is 49.1 Å². The fourth-order valence-corrected chi connectivity index (χ4v) is 5.84. The Morgan fingerprint density at radius 2 is 1.71 bits per heavy atom. The lowest BCUT2D eigenvalue weighted by molar-refractivity contribution is -0.620. The van der Waals surface area contributed by atoms with Crippen molar-refractivity contribution in [3.05, 3.63) is 70.2 Å². The van der Waals surface area contributed by atoms with Crippen LogP contribution in [0.25, 0.3) is 0 Å². The first kappa shape index (κ1) is 18.8. The maximum atomic E-state index is 12.9. The van der Waals surface area contributed by atoms with Gasteiger partial charge in [0.15, 0.2) is 6.20 Å². The molecule has 7 heteroatoms. The third-order valence-corrected chi connectivity index (χ3v) is 7.26. The summed E-state index contributed by atoms with van der Waals surface area (Å²) in [6.07, 6.45) is 4.08.